The first kappa shape index (κ1) is 11.6. The van der Waals surface area contributed by atoms with Crippen molar-refractivity contribution in [1.82, 2.24) is 10.2 Å². The van der Waals surface area contributed by atoms with E-state index >= 15 is 0 Å². The van der Waals surface area contributed by atoms with Gasteiger partial charge in [0.1, 0.15) is 6.07 Å². The Morgan fingerprint density at radius 2 is 2.41 bits per heavy atom. The molecular formula is C12H12N4S. The summed E-state index contributed by atoms with van der Waals surface area (Å²) in [5, 5.41) is 18.7. The molecule has 0 atom stereocenters. The van der Waals surface area contributed by atoms with Crippen molar-refractivity contribution in [3.63, 3.8) is 0 Å². The SMILES string of the molecule is CN(CCc1cccs1)c1cc(C#N)cnn1. The minimum atomic E-state index is 0.540. The molecule has 0 N–H and O–H groups in total. The summed E-state index contributed by atoms with van der Waals surface area (Å²) in [5.74, 6) is 0.737. The van der Waals surface area contributed by atoms with E-state index in [1.54, 1.807) is 17.4 Å². The third-order valence-electron chi connectivity index (χ3n) is 2.44. The first-order chi connectivity index (χ1) is 8.29. The van der Waals surface area contributed by atoms with Gasteiger partial charge in [-0.25, -0.2) is 0 Å². The van der Waals surface area contributed by atoms with Gasteiger partial charge in [-0.1, -0.05) is 6.07 Å². The Morgan fingerprint density at radius 3 is 3.12 bits per heavy atom. The summed E-state index contributed by atoms with van der Waals surface area (Å²) in [4.78, 5) is 3.36. The topological polar surface area (TPSA) is 52.8 Å². The third kappa shape index (κ3) is 3.02. The van der Waals surface area contributed by atoms with Gasteiger partial charge >= 0.3 is 0 Å². The molecule has 0 bridgehead atoms. The lowest BCUT2D eigenvalue weighted by atomic mass is 10.3. The van der Waals surface area contributed by atoms with E-state index in [0.29, 0.717) is 5.56 Å². The maximum absolute atomic E-state index is 8.79. The number of nitrogens with zero attached hydrogens (tertiary/aromatic N) is 4. The van der Waals surface area contributed by atoms with Gasteiger partial charge in [-0.15, -0.1) is 16.4 Å². The molecule has 0 amide bonds. The van der Waals surface area contributed by atoms with E-state index in [4.69, 9.17) is 5.26 Å². The van der Waals surface area contributed by atoms with E-state index in [2.05, 4.69) is 33.8 Å². The summed E-state index contributed by atoms with van der Waals surface area (Å²) in [6.45, 7) is 0.865. The molecular weight excluding hydrogens is 232 g/mol. The number of likely N-dealkylation sites (N-methyl/N-ethyl adjacent to an activating group) is 1. The van der Waals surface area contributed by atoms with Crippen LogP contribution in [0.5, 0.6) is 0 Å². The zero-order valence-electron chi connectivity index (χ0n) is 9.50. The molecule has 2 aromatic rings. The molecule has 17 heavy (non-hydrogen) atoms. The summed E-state index contributed by atoms with van der Waals surface area (Å²) in [7, 11) is 1.96. The Labute approximate surface area is 104 Å². The minimum absolute atomic E-state index is 0.540. The fourth-order valence-electron chi connectivity index (χ4n) is 1.45. The first-order valence-electron chi connectivity index (χ1n) is 5.26. The molecule has 0 aliphatic rings. The second-order valence-electron chi connectivity index (χ2n) is 3.67. The van der Waals surface area contributed by atoms with E-state index in [1.807, 2.05) is 11.9 Å². The highest BCUT2D eigenvalue weighted by Crippen LogP contribution is 2.13. The molecule has 0 radical (unpaired) electrons. The van der Waals surface area contributed by atoms with E-state index in [-0.39, 0.29) is 0 Å². The van der Waals surface area contributed by atoms with Gasteiger partial charge in [-0.05, 0) is 17.9 Å². The lowest BCUT2D eigenvalue weighted by Crippen LogP contribution is -2.21. The number of rotatable bonds is 4. The molecule has 2 rings (SSSR count). The third-order valence-corrected chi connectivity index (χ3v) is 3.37. The van der Waals surface area contributed by atoms with Gasteiger partial charge in [-0.2, -0.15) is 10.4 Å². The maximum Gasteiger partial charge on any atom is 0.152 e. The zero-order chi connectivity index (χ0) is 12.1. The Kier molecular flexibility index (Phi) is 3.68. The number of anilines is 1. The van der Waals surface area contributed by atoms with Crippen LogP contribution in [-0.4, -0.2) is 23.8 Å². The van der Waals surface area contributed by atoms with E-state index < -0.39 is 0 Å². The van der Waals surface area contributed by atoms with Crippen molar-refractivity contribution < 1.29 is 0 Å². The molecule has 0 unspecified atom stereocenters. The molecule has 0 aliphatic carbocycles. The summed E-state index contributed by atoms with van der Waals surface area (Å²) in [6.07, 6.45) is 2.45. The number of thiophene rings is 1. The fraction of sp³-hybridized carbons (Fsp3) is 0.250. The largest absolute Gasteiger partial charge is 0.358 e. The van der Waals surface area contributed by atoms with Crippen LogP contribution in [0.1, 0.15) is 10.4 Å². The van der Waals surface area contributed by atoms with Crippen LogP contribution < -0.4 is 4.90 Å². The van der Waals surface area contributed by atoms with Crippen molar-refractivity contribution in [2.24, 2.45) is 0 Å². The van der Waals surface area contributed by atoms with Crippen LogP contribution in [0.2, 0.25) is 0 Å². The second-order valence-corrected chi connectivity index (χ2v) is 4.70. The molecule has 0 spiro atoms. The lowest BCUT2D eigenvalue weighted by Gasteiger charge is -2.16. The summed E-state index contributed by atoms with van der Waals surface area (Å²) in [6, 6.07) is 7.99. The molecule has 2 heterocycles. The van der Waals surface area contributed by atoms with Crippen LogP contribution >= 0.6 is 11.3 Å². The number of nitriles is 1. The quantitative estimate of drug-likeness (QED) is 0.826. The second kappa shape index (κ2) is 5.41. The van der Waals surface area contributed by atoms with Gasteiger partial charge in [0.15, 0.2) is 5.82 Å². The molecule has 0 aromatic carbocycles. The molecule has 0 aliphatic heterocycles. The molecule has 2 aromatic heterocycles. The first-order valence-corrected chi connectivity index (χ1v) is 6.14. The fourth-order valence-corrected chi connectivity index (χ4v) is 2.15. The highest BCUT2D eigenvalue weighted by atomic mass is 32.1. The highest BCUT2D eigenvalue weighted by molar-refractivity contribution is 7.09. The Bertz CT molecular complexity index is 516. The Balaban J connectivity index is 1.99. The Hall–Kier alpha value is -1.93. The van der Waals surface area contributed by atoms with E-state index in [0.717, 1.165) is 18.8 Å². The summed E-state index contributed by atoms with van der Waals surface area (Å²) in [5.41, 5.74) is 0.540. The van der Waals surface area contributed by atoms with E-state index in [1.165, 1.54) is 11.1 Å². The standard InChI is InChI=1S/C12H12N4S/c1-16(5-4-11-3-2-6-17-11)12-7-10(8-13)9-14-15-12/h2-3,6-7,9H,4-5H2,1H3. The monoisotopic (exact) mass is 244 g/mol. The highest BCUT2D eigenvalue weighted by Gasteiger charge is 2.05. The molecule has 5 heteroatoms. The van der Waals surface area contributed by atoms with Crippen molar-refractivity contribution in [2.75, 3.05) is 18.5 Å². The van der Waals surface area contributed by atoms with Crippen LogP contribution in [0.15, 0.2) is 29.8 Å². The summed E-state index contributed by atoms with van der Waals surface area (Å²) >= 11 is 1.75. The summed E-state index contributed by atoms with van der Waals surface area (Å²) < 4.78 is 0. The lowest BCUT2D eigenvalue weighted by molar-refractivity contribution is 0.845. The number of hydrogen-bond donors (Lipinski definition) is 0. The van der Waals surface area contributed by atoms with Gasteiger partial charge in [0.05, 0.1) is 11.8 Å². The van der Waals surface area contributed by atoms with Crippen LogP contribution in [-0.2, 0) is 6.42 Å². The normalized spacial score (nSPS) is 9.88. The minimum Gasteiger partial charge on any atom is -0.358 e. The predicted molar refractivity (Wildman–Crippen MR) is 68.0 cm³/mol. The van der Waals surface area contributed by atoms with Gasteiger partial charge in [0.25, 0.3) is 0 Å². The predicted octanol–water partition coefficient (Wildman–Crippen LogP) is 2.09. The van der Waals surface area contributed by atoms with Crippen molar-refractivity contribution in [3.8, 4) is 6.07 Å². The number of aromatic nitrogens is 2. The van der Waals surface area contributed by atoms with Crippen molar-refractivity contribution in [1.29, 1.82) is 5.26 Å². The van der Waals surface area contributed by atoms with Gasteiger partial charge in [0.2, 0.25) is 0 Å². The van der Waals surface area contributed by atoms with Crippen LogP contribution in [0.4, 0.5) is 5.82 Å². The van der Waals surface area contributed by atoms with Gasteiger partial charge in [0, 0.05) is 24.5 Å². The van der Waals surface area contributed by atoms with Gasteiger partial charge in [-0.3, -0.25) is 0 Å². The average molecular weight is 244 g/mol. The molecule has 0 fully saturated rings. The van der Waals surface area contributed by atoms with Crippen molar-refractivity contribution >= 4 is 17.2 Å². The molecule has 4 nitrogen and oxygen atoms in total. The number of hydrogen-bond acceptors (Lipinski definition) is 5. The maximum atomic E-state index is 8.79. The Morgan fingerprint density at radius 1 is 1.53 bits per heavy atom. The van der Waals surface area contributed by atoms with Crippen LogP contribution in [0.25, 0.3) is 0 Å². The van der Waals surface area contributed by atoms with Gasteiger partial charge < -0.3 is 4.90 Å². The van der Waals surface area contributed by atoms with Crippen molar-refractivity contribution in [2.45, 2.75) is 6.42 Å². The smallest absolute Gasteiger partial charge is 0.152 e. The van der Waals surface area contributed by atoms with Crippen LogP contribution in [0, 0.1) is 11.3 Å². The molecule has 0 saturated carbocycles. The average Bonchev–Trinajstić information content (AvgIpc) is 2.89. The zero-order valence-corrected chi connectivity index (χ0v) is 10.3. The van der Waals surface area contributed by atoms with E-state index in [9.17, 15) is 0 Å². The van der Waals surface area contributed by atoms with Crippen LogP contribution in [0.3, 0.4) is 0 Å². The molecule has 86 valence electrons. The molecule has 0 saturated heterocycles. The van der Waals surface area contributed by atoms with Crippen molar-refractivity contribution in [3.05, 3.63) is 40.2 Å².